The Morgan fingerprint density at radius 3 is 2.41 bits per heavy atom. The summed E-state index contributed by atoms with van der Waals surface area (Å²) in [6.07, 6.45) is 0.834. The first-order valence-electron chi connectivity index (χ1n) is 11.7. The second-order valence-corrected chi connectivity index (χ2v) is 9.27. The second kappa shape index (κ2) is 8.82. The van der Waals surface area contributed by atoms with E-state index in [1.165, 1.54) is 10.5 Å². The molecule has 5 rings (SSSR count). The second-order valence-electron chi connectivity index (χ2n) is 9.27. The SMILES string of the molecule is Cc1cccc(N2C(=O)C(c3ccc(OCC(C)C)cc3)=C(N3CCc4ccccc43)C2=O)c1. The number of amides is 2. The third kappa shape index (κ3) is 3.87. The predicted octanol–water partition coefficient (Wildman–Crippen LogP) is 5.38. The van der Waals surface area contributed by atoms with Gasteiger partial charge in [0.1, 0.15) is 11.4 Å². The van der Waals surface area contributed by atoms with Crippen LogP contribution < -0.4 is 14.5 Å². The molecule has 2 heterocycles. The maximum Gasteiger partial charge on any atom is 0.282 e. The summed E-state index contributed by atoms with van der Waals surface area (Å²) >= 11 is 0. The normalized spacial score (nSPS) is 15.5. The highest BCUT2D eigenvalue weighted by Crippen LogP contribution is 2.40. The number of aryl methyl sites for hydroxylation is 1. The molecule has 5 nitrogen and oxygen atoms in total. The van der Waals surface area contributed by atoms with Crippen LogP contribution in [-0.4, -0.2) is 25.0 Å². The molecule has 0 saturated heterocycles. The van der Waals surface area contributed by atoms with Gasteiger partial charge in [0.15, 0.2) is 0 Å². The van der Waals surface area contributed by atoms with E-state index in [9.17, 15) is 9.59 Å². The van der Waals surface area contributed by atoms with Crippen LogP contribution in [0.5, 0.6) is 5.75 Å². The third-order valence-electron chi connectivity index (χ3n) is 6.20. The molecule has 2 aliphatic rings. The zero-order chi connectivity index (χ0) is 23.8. The fraction of sp³-hybridized carbons (Fsp3) is 0.241. The van der Waals surface area contributed by atoms with Crippen LogP contribution >= 0.6 is 0 Å². The molecule has 2 amide bonds. The molecule has 172 valence electrons. The van der Waals surface area contributed by atoms with Gasteiger partial charge >= 0.3 is 0 Å². The smallest absolute Gasteiger partial charge is 0.282 e. The zero-order valence-electron chi connectivity index (χ0n) is 19.7. The van der Waals surface area contributed by atoms with Crippen LogP contribution in [0.4, 0.5) is 11.4 Å². The molecule has 0 atom stereocenters. The number of anilines is 2. The Kier molecular flexibility index (Phi) is 5.70. The minimum Gasteiger partial charge on any atom is -0.493 e. The summed E-state index contributed by atoms with van der Waals surface area (Å²) in [5, 5.41) is 0. The molecule has 0 aromatic heterocycles. The van der Waals surface area contributed by atoms with Crippen LogP contribution in [0.15, 0.2) is 78.5 Å². The van der Waals surface area contributed by atoms with E-state index in [1.54, 1.807) is 0 Å². The minimum absolute atomic E-state index is 0.289. The average Bonchev–Trinajstić information content (AvgIpc) is 3.36. The van der Waals surface area contributed by atoms with Gasteiger partial charge in [0.05, 0.1) is 17.9 Å². The van der Waals surface area contributed by atoms with Crippen LogP contribution in [0.25, 0.3) is 5.57 Å². The number of ether oxygens (including phenoxy) is 1. The van der Waals surface area contributed by atoms with Crippen LogP contribution in [0, 0.1) is 12.8 Å². The molecule has 2 aliphatic heterocycles. The van der Waals surface area contributed by atoms with Crippen LogP contribution in [0.2, 0.25) is 0 Å². The molecular formula is C29H28N2O3. The van der Waals surface area contributed by atoms with Crippen molar-refractivity contribution in [2.75, 3.05) is 23.0 Å². The van der Waals surface area contributed by atoms with Crippen molar-refractivity contribution >= 4 is 28.8 Å². The summed E-state index contributed by atoms with van der Waals surface area (Å²) in [6.45, 7) is 7.44. The zero-order valence-corrected chi connectivity index (χ0v) is 19.7. The molecule has 0 saturated carbocycles. The van der Waals surface area contributed by atoms with Gasteiger partial charge in [0, 0.05) is 12.2 Å². The Hall–Kier alpha value is -3.86. The van der Waals surface area contributed by atoms with Gasteiger partial charge in [0.25, 0.3) is 11.8 Å². The number of hydrogen-bond donors (Lipinski definition) is 0. The van der Waals surface area contributed by atoms with Crippen molar-refractivity contribution in [1.29, 1.82) is 0 Å². The summed E-state index contributed by atoms with van der Waals surface area (Å²) in [5.41, 5.74) is 5.33. The first-order valence-corrected chi connectivity index (χ1v) is 11.7. The average molecular weight is 453 g/mol. The lowest BCUT2D eigenvalue weighted by Gasteiger charge is -2.22. The van der Waals surface area contributed by atoms with Gasteiger partial charge in [-0.2, -0.15) is 0 Å². The van der Waals surface area contributed by atoms with Crippen molar-refractivity contribution in [3.05, 3.63) is 95.2 Å². The number of carbonyl (C=O) groups excluding carboxylic acids is 2. The fourth-order valence-corrected chi connectivity index (χ4v) is 4.58. The highest BCUT2D eigenvalue weighted by molar-refractivity contribution is 6.46. The van der Waals surface area contributed by atoms with E-state index in [1.807, 2.05) is 78.6 Å². The van der Waals surface area contributed by atoms with Crippen molar-refractivity contribution in [3.8, 4) is 5.75 Å². The van der Waals surface area contributed by atoms with Gasteiger partial charge in [-0.25, -0.2) is 4.90 Å². The number of benzene rings is 3. The Bertz CT molecular complexity index is 1290. The number of rotatable bonds is 6. The lowest BCUT2D eigenvalue weighted by atomic mass is 10.0. The third-order valence-corrected chi connectivity index (χ3v) is 6.20. The van der Waals surface area contributed by atoms with E-state index >= 15 is 0 Å². The minimum atomic E-state index is -0.300. The summed E-state index contributed by atoms with van der Waals surface area (Å²) in [4.78, 5) is 30.9. The van der Waals surface area contributed by atoms with Gasteiger partial charge in [-0.1, -0.05) is 56.3 Å². The Labute approximate surface area is 200 Å². The molecule has 0 spiro atoms. The predicted molar refractivity (Wildman–Crippen MR) is 135 cm³/mol. The van der Waals surface area contributed by atoms with Crippen LogP contribution in [0.3, 0.4) is 0 Å². The van der Waals surface area contributed by atoms with Crippen molar-refractivity contribution < 1.29 is 14.3 Å². The lowest BCUT2D eigenvalue weighted by molar-refractivity contribution is -0.120. The van der Waals surface area contributed by atoms with Crippen molar-refractivity contribution in [1.82, 2.24) is 0 Å². The molecule has 0 unspecified atom stereocenters. The number of imide groups is 1. The van der Waals surface area contributed by atoms with E-state index in [2.05, 4.69) is 19.9 Å². The summed E-state index contributed by atoms with van der Waals surface area (Å²) in [7, 11) is 0. The molecular weight excluding hydrogens is 424 g/mol. The molecule has 3 aromatic carbocycles. The van der Waals surface area contributed by atoms with Gasteiger partial charge < -0.3 is 9.64 Å². The first kappa shape index (κ1) is 22.0. The first-order chi connectivity index (χ1) is 16.4. The lowest BCUT2D eigenvalue weighted by Crippen LogP contribution is -2.34. The number of hydrogen-bond acceptors (Lipinski definition) is 4. The van der Waals surface area contributed by atoms with Gasteiger partial charge in [-0.3, -0.25) is 9.59 Å². The molecule has 34 heavy (non-hydrogen) atoms. The maximum absolute atomic E-state index is 13.8. The molecule has 0 bridgehead atoms. The molecule has 0 fully saturated rings. The Morgan fingerprint density at radius 2 is 1.68 bits per heavy atom. The largest absolute Gasteiger partial charge is 0.493 e. The van der Waals surface area contributed by atoms with Gasteiger partial charge in [-0.15, -0.1) is 0 Å². The molecule has 0 radical (unpaired) electrons. The Morgan fingerprint density at radius 1 is 0.912 bits per heavy atom. The maximum atomic E-state index is 13.8. The molecule has 3 aromatic rings. The topological polar surface area (TPSA) is 49.9 Å². The van der Waals surface area contributed by atoms with Crippen molar-refractivity contribution in [2.24, 2.45) is 5.92 Å². The summed E-state index contributed by atoms with van der Waals surface area (Å²) < 4.78 is 5.82. The van der Waals surface area contributed by atoms with E-state index in [-0.39, 0.29) is 11.8 Å². The highest BCUT2D eigenvalue weighted by atomic mass is 16.5. The standard InChI is InChI=1S/C29H28N2O3/c1-19(2)18-34-24-13-11-22(12-14-24)26-27(30-16-15-21-8-4-5-10-25(21)30)29(33)31(28(26)32)23-9-6-7-20(3)17-23/h4-14,17,19H,15-16,18H2,1-3H3. The number of nitrogens with zero attached hydrogens (tertiary/aromatic N) is 2. The Balaban J connectivity index is 1.60. The summed E-state index contributed by atoms with van der Waals surface area (Å²) in [5.74, 6) is 0.577. The number of fused-ring (bicyclic) bond motifs is 1. The number of para-hydroxylation sites is 1. The molecule has 5 heteroatoms. The van der Waals surface area contributed by atoms with Gasteiger partial charge in [-0.05, 0) is 66.3 Å². The van der Waals surface area contributed by atoms with Crippen molar-refractivity contribution in [3.63, 3.8) is 0 Å². The van der Waals surface area contributed by atoms with E-state index in [0.29, 0.717) is 41.6 Å². The van der Waals surface area contributed by atoms with Gasteiger partial charge in [0.2, 0.25) is 0 Å². The molecule has 0 aliphatic carbocycles. The van der Waals surface area contributed by atoms with E-state index in [4.69, 9.17) is 4.74 Å². The van der Waals surface area contributed by atoms with Crippen LogP contribution in [0.1, 0.15) is 30.5 Å². The fourth-order valence-electron chi connectivity index (χ4n) is 4.58. The van der Waals surface area contributed by atoms with E-state index < -0.39 is 0 Å². The van der Waals surface area contributed by atoms with Crippen LogP contribution in [-0.2, 0) is 16.0 Å². The van der Waals surface area contributed by atoms with Crippen molar-refractivity contribution in [2.45, 2.75) is 27.2 Å². The monoisotopic (exact) mass is 452 g/mol. The summed E-state index contributed by atoms with van der Waals surface area (Å²) in [6, 6.07) is 23.1. The molecule has 0 N–H and O–H groups in total. The quantitative estimate of drug-likeness (QED) is 0.472. The number of carbonyl (C=O) groups is 2. The highest BCUT2D eigenvalue weighted by Gasteiger charge is 2.44. The van der Waals surface area contributed by atoms with E-state index in [0.717, 1.165) is 23.4 Å².